The predicted molar refractivity (Wildman–Crippen MR) is 119 cm³/mol. The topological polar surface area (TPSA) is 69.6 Å². The van der Waals surface area contributed by atoms with Crippen LogP contribution in [0.4, 0.5) is 11.6 Å². The zero-order valence-corrected chi connectivity index (χ0v) is 18.3. The van der Waals surface area contributed by atoms with Crippen LogP contribution in [-0.4, -0.2) is 58.9 Å². The van der Waals surface area contributed by atoms with E-state index in [2.05, 4.69) is 22.9 Å². The molecule has 1 aliphatic carbocycles. The molecule has 7 heteroatoms. The number of hydrogen-bond donors (Lipinski definition) is 0. The summed E-state index contributed by atoms with van der Waals surface area (Å²) in [6.45, 7) is 7.02. The Kier molecular flexibility index (Phi) is 5.12. The predicted octanol–water partition coefficient (Wildman–Crippen LogP) is 3.14. The van der Waals surface area contributed by atoms with Crippen molar-refractivity contribution in [2.45, 2.75) is 51.5 Å². The number of rotatable bonds is 4. The van der Waals surface area contributed by atoms with Gasteiger partial charge in [0.2, 0.25) is 5.91 Å². The highest BCUT2D eigenvalue weighted by atomic mass is 16.2. The third-order valence-electron chi connectivity index (χ3n) is 6.71. The zero-order valence-electron chi connectivity index (χ0n) is 18.3. The zero-order chi connectivity index (χ0) is 21.5. The molecule has 2 aromatic heterocycles. The molecule has 2 aliphatic heterocycles. The lowest BCUT2D eigenvalue weighted by atomic mass is 10.1. The number of aryl methyl sites for hydroxylation is 1. The molecule has 0 N–H and O–H groups in total. The summed E-state index contributed by atoms with van der Waals surface area (Å²) < 4.78 is 0. The lowest BCUT2D eigenvalue weighted by Crippen LogP contribution is -2.49. The summed E-state index contributed by atoms with van der Waals surface area (Å²) in [7, 11) is 0. The van der Waals surface area contributed by atoms with Crippen LogP contribution in [0.3, 0.4) is 0 Å². The SMILES string of the molecule is Cc1cc(C2CC2)cnc1N1CCN(C(=O)c2ccc(N3C(=O)CCC3C)nc2)CC1. The van der Waals surface area contributed by atoms with Crippen LogP contribution in [-0.2, 0) is 4.79 Å². The second-order valence-electron chi connectivity index (χ2n) is 9.02. The van der Waals surface area contributed by atoms with E-state index in [1.54, 1.807) is 23.2 Å². The minimum atomic E-state index is -0.00624. The van der Waals surface area contributed by atoms with E-state index in [0.29, 0.717) is 36.8 Å². The molecular weight excluding hydrogens is 390 g/mol. The highest BCUT2D eigenvalue weighted by Crippen LogP contribution is 2.40. The van der Waals surface area contributed by atoms with Gasteiger partial charge in [-0.1, -0.05) is 6.07 Å². The van der Waals surface area contributed by atoms with E-state index < -0.39 is 0 Å². The first-order chi connectivity index (χ1) is 15.0. The average molecular weight is 420 g/mol. The smallest absolute Gasteiger partial charge is 0.255 e. The van der Waals surface area contributed by atoms with Crippen molar-refractivity contribution in [2.75, 3.05) is 36.0 Å². The van der Waals surface area contributed by atoms with E-state index in [1.165, 1.54) is 24.0 Å². The van der Waals surface area contributed by atoms with Crippen LogP contribution in [0.2, 0.25) is 0 Å². The molecule has 4 heterocycles. The van der Waals surface area contributed by atoms with Gasteiger partial charge in [0.15, 0.2) is 0 Å². The van der Waals surface area contributed by atoms with Gasteiger partial charge in [0.25, 0.3) is 5.91 Å². The maximum atomic E-state index is 13.0. The molecule has 2 saturated heterocycles. The highest BCUT2D eigenvalue weighted by Gasteiger charge is 2.30. The summed E-state index contributed by atoms with van der Waals surface area (Å²) >= 11 is 0. The van der Waals surface area contributed by atoms with Crippen LogP contribution in [0.15, 0.2) is 30.6 Å². The molecule has 1 saturated carbocycles. The van der Waals surface area contributed by atoms with Gasteiger partial charge in [-0.05, 0) is 62.3 Å². The van der Waals surface area contributed by atoms with Crippen molar-refractivity contribution in [2.24, 2.45) is 0 Å². The van der Waals surface area contributed by atoms with Crippen LogP contribution in [0.5, 0.6) is 0 Å². The van der Waals surface area contributed by atoms with E-state index in [4.69, 9.17) is 4.98 Å². The molecule has 7 nitrogen and oxygen atoms in total. The lowest BCUT2D eigenvalue weighted by Gasteiger charge is -2.36. The molecule has 0 aromatic carbocycles. The molecule has 31 heavy (non-hydrogen) atoms. The number of pyridine rings is 2. The number of aromatic nitrogens is 2. The molecule has 0 spiro atoms. The molecule has 1 unspecified atom stereocenters. The number of nitrogens with zero attached hydrogens (tertiary/aromatic N) is 5. The molecule has 162 valence electrons. The second kappa shape index (κ2) is 7.94. The minimum Gasteiger partial charge on any atom is -0.353 e. The van der Waals surface area contributed by atoms with Crippen molar-refractivity contribution in [1.82, 2.24) is 14.9 Å². The first-order valence-electron chi connectivity index (χ1n) is 11.3. The fourth-order valence-electron chi connectivity index (χ4n) is 4.70. The van der Waals surface area contributed by atoms with E-state index in [0.717, 1.165) is 25.3 Å². The number of carbonyl (C=O) groups excluding carboxylic acids is 2. The van der Waals surface area contributed by atoms with Gasteiger partial charge in [-0.15, -0.1) is 0 Å². The van der Waals surface area contributed by atoms with Crippen molar-refractivity contribution in [1.29, 1.82) is 0 Å². The van der Waals surface area contributed by atoms with Gasteiger partial charge >= 0.3 is 0 Å². The Morgan fingerprint density at radius 3 is 2.39 bits per heavy atom. The monoisotopic (exact) mass is 419 g/mol. The van der Waals surface area contributed by atoms with E-state index >= 15 is 0 Å². The van der Waals surface area contributed by atoms with E-state index in [-0.39, 0.29) is 17.9 Å². The van der Waals surface area contributed by atoms with Gasteiger partial charge in [-0.2, -0.15) is 0 Å². The molecule has 0 bridgehead atoms. The molecule has 2 aromatic rings. The fraction of sp³-hybridized carbons (Fsp3) is 0.500. The molecular formula is C24H29N5O2. The van der Waals surface area contributed by atoms with Crippen molar-refractivity contribution in [3.05, 3.63) is 47.3 Å². The maximum Gasteiger partial charge on any atom is 0.255 e. The van der Waals surface area contributed by atoms with Gasteiger partial charge in [0.05, 0.1) is 5.56 Å². The van der Waals surface area contributed by atoms with Crippen molar-refractivity contribution >= 4 is 23.5 Å². The molecule has 3 fully saturated rings. The Hall–Kier alpha value is -2.96. The summed E-state index contributed by atoms with van der Waals surface area (Å²) in [6.07, 6.45) is 7.60. The first kappa shape index (κ1) is 20.0. The summed E-state index contributed by atoms with van der Waals surface area (Å²) in [5, 5.41) is 0. The van der Waals surface area contributed by atoms with Crippen LogP contribution < -0.4 is 9.80 Å². The fourth-order valence-corrected chi connectivity index (χ4v) is 4.70. The van der Waals surface area contributed by atoms with E-state index in [9.17, 15) is 9.59 Å². The molecule has 3 aliphatic rings. The highest BCUT2D eigenvalue weighted by molar-refractivity contribution is 5.97. The van der Waals surface area contributed by atoms with Crippen molar-refractivity contribution < 1.29 is 9.59 Å². The van der Waals surface area contributed by atoms with Gasteiger partial charge in [-0.25, -0.2) is 9.97 Å². The van der Waals surface area contributed by atoms with Gasteiger partial charge in [-0.3, -0.25) is 14.5 Å². The summed E-state index contributed by atoms with van der Waals surface area (Å²) in [4.78, 5) is 40.1. The summed E-state index contributed by atoms with van der Waals surface area (Å²) in [5.74, 6) is 2.47. The Morgan fingerprint density at radius 2 is 1.81 bits per heavy atom. The summed E-state index contributed by atoms with van der Waals surface area (Å²) in [5.41, 5.74) is 3.14. The molecule has 1 atom stereocenters. The quantitative estimate of drug-likeness (QED) is 0.762. The number of piperazine rings is 1. The lowest BCUT2D eigenvalue weighted by molar-refractivity contribution is -0.117. The van der Waals surface area contributed by atoms with E-state index in [1.807, 2.05) is 18.0 Å². The normalized spacial score (nSPS) is 21.7. The van der Waals surface area contributed by atoms with Crippen LogP contribution >= 0.6 is 0 Å². The number of hydrogen-bond acceptors (Lipinski definition) is 5. The number of anilines is 2. The van der Waals surface area contributed by atoms with Gasteiger partial charge in [0, 0.05) is 51.0 Å². The number of amides is 2. The Bertz CT molecular complexity index is 994. The maximum absolute atomic E-state index is 13.0. The third kappa shape index (κ3) is 3.89. The van der Waals surface area contributed by atoms with Crippen LogP contribution in [0, 0.1) is 6.92 Å². The average Bonchev–Trinajstić information content (AvgIpc) is 3.58. The first-order valence-corrected chi connectivity index (χ1v) is 11.3. The van der Waals surface area contributed by atoms with Crippen molar-refractivity contribution in [3.63, 3.8) is 0 Å². The van der Waals surface area contributed by atoms with Gasteiger partial charge < -0.3 is 9.80 Å². The molecule has 2 amide bonds. The van der Waals surface area contributed by atoms with Gasteiger partial charge in [0.1, 0.15) is 11.6 Å². The largest absolute Gasteiger partial charge is 0.353 e. The molecule has 0 radical (unpaired) electrons. The number of carbonyl (C=O) groups is 2. The van der Waals surface area contributed by atoms with Crippen LogP contribution in [0.25, 0.3) is 0 Å². The van der Waals surface area contributed by atoms with Crippen molar-refractivity contribution in [3.8, 4) is 0 Å². The second-order valence-corrected chi connectivity index (χ2v) is 9.02. The Balaban J connectivity index is 1.21. The molecule has 5 rings (SSSR count). The van der Waals surface area contributed by atoms with Crippen LogP contribution in [0.1, 0.15) is 60.0 Å². The standard InChI is InChI=1S/C24H29N5O2/c1-16-13-20(18-4-5-18)15-26-23(16)27-9-11-28(12-10-27)24(31)19-6-7-21(25-14-19)29-17(2)3-8-22(29)30/h6-7,13-15,17-18H,3-5,8-12H2,1-2H3. The summed E-state index contributed by atoms with van der Waals surface area (Å²) in [6, 6.07) is 6.01. The minimum absolute atomic E-state index is 0.00624. The Labute approximate surface area is 183 Å². The Morgan fingerprint density at radius 1 is 1.03 bits per heavy atom. The third-order valence-corrected chi connectivity index (χ3v) is 6.71.